The van der Waals surface area contributed by atoms with E-state index in [1.165, 1.54) is 0 Å². The summed E-state index contributed by atoms with van der Waals surface area (Å²) in [5, 5.41) is 44.6. The number of hydrogen-bond acceptors (Lipinski definition) is 11. The summed E-state index contributed by atoms with van der Waals surface area (Å²) in [5.41, 5.74) is 1.76. The first-order chi connectivity index (χ1) is 27.7. The van der Waals surface area contributed by atoms with Crippen molar-refractivity contribution in [2.45, 2.75) is 152 Å². The van der Waals surface area contributed by atoms with Crippen molar-refractivity contribution >= 4 is 5.91 Å². The average Bonchev–Trinajstić information content (AvgIpc) is 3.20. The highest BCUT2D eigenvalue weighted by Gasteiger charge is 2.35. The zero-order valence-corrected chi connectivity index (χ0v) is 33.0. The second-order valence-electron chi connectivity index (χ2n) is 15.7. The number of aromatic hydroxyl groups is 2. The van der Waals surface area contributed by atoms with Gasteiger partial charge in [0.2, 0.25) is 0 Å². The molecule has 0 radical (unpaired) electrons. The smallest absolute Gasteiger partial charge is 0.251 e. The molecule has 12 nitrogen and oxygen atoms in total. The first kappa shape index (κ1) is 43.0. The Labute approximate surface area is 336 Å². The second kappa shape index (κ2) is 22.0. The number of phenolic OH excluding ortho intramolecular Hbond substituents is 2. The number of phenols is 2. The van der Waals surface area contributed by atoms with Gasteiger partial charge in [0.15, 0.2) is 18.9 Å². The largest absolute Gasteiger partial charge is 0.507 e. The lowest BCUT2D eigenvalue weighted by Gasteiger charge is -2.38. The number of hydrogen-bond donors (Lipinski definition) is 5. The molecule has 6 rings (SSSR count). The summed E-state index contributed by atoms with van der Waals surface area (Å²) in [6, 6.07) is 23.2. The fourth-order valence-electron chi connectivity index (χ4n) is 8.14. The van der Waals surface area contributed by atoms with Crippen LogP contribution in [-0.4, -0.2) is 88.5 Å². The minimum atomic E-state index is -0.760. The molecule has 0 aromatic heterocycles. The van der Waals surface area contributed by atoms with E-state index in [0.717, 1.165) is 51.4 Å². The van der Waals surface area contributed by atoms with Gasteiger partial charge in [-0.1, -0.05) is 54.6 Å². The Hall–Kier alpha value is -3.59. The molecule has 3 aromatic carbocycles. The van der Waals surface area contributed by atoms with E-state index in [1.54, 1.807) is 42.5 Å². The van der Waals surface area contributed by atoms with Crippen LogP contribution in [0.2, 0.25) is 0 Å². The number of carbonyl (C=O) groups is 1. The molecule has 57 heavy (non-hydrogen) atoms. The van der Waals surface area contributed by atoms with Gasteiger partial charge in [-0.05, 0) is 102 Å². The number of amides is 1. The first-order valence-electron chi connectivity index (χ1n) is 20.8. The van der Waals surface area contributed by atoms with Gasteiger partial charge in [-0.25, -0.2) is 0 Å². The molecular weight excluding hydrogens is 730 g/mol. The van der Waals surface area contributed by atoms with Gasteiger partial charge in [0.1, 0.15) is 11.5 Å². The van der Waals surface area contributed by atoms with Gasteiger partial charge in [-0.2, -0.15) is 0 Å². The third-order valence-electron chi connectivity index (χ3n) is 11.1. The van der Waals surface area contributed by atoms with Gasteiger partial charge in [0.25, 0.3) is 5.91 Å². The van der Waals surface area contributed by atoms with Crippen LogP contribution in [0.3, 0.4) is 0 Å². The Morgan fingerprint density at radius 2 is 1.18 bits per heavy atom. The minimum absolute atomic E-state index is 0.0191. The predicted molar refractivity (Wildman–Crippen MR) is 212 cm³/mol. The maximum Gasteiger partial charge on any atom is 0.251 e. The molecule has 3 aliphatic rings. The summed E-state index contributed by atoms with van der Waals surface area (Å²) in [6.45, 7) is 2.39. The summed E-state index contributed by atoms with van der Waals surface area (Å²) in [5.74, 6) is 0.0701. The third kappa shape index (κ3) is 13.2. The Morgan fingerprint density at radius 3 is 1.82 bits per heavy atom. The molecule has 10 unspecified atom stereocenters. The van der Waals surface area contributed by atoms with E-state index < -0.39 is 25.0 Å². The number of benzene rings is 3. The first-order valence-corrected chi connectivity index (χ1v) is 20.8. The van der Waals surface area contributed by atoms with E-state index in [0.29, 0.717) is 48.8 Å². The van der Waals surface area contributed by atoms with Crippen molar-refractivity contribution in [3.63, 3.8) is 0 Å². The molecule has 5 N–H and O–H groups in total. The summed E-state index contributed by atoms with van der Waals surface area (Å²) in [7, 11) is 0. The lowest BCUT2D eigenvalue weighted by Crippen LogP contribution is -2.44. The molecule has 0 spiro atoms. The number of carbonyl (C=O) groups excluding carboxylic acids is 1. The molecule has 3 saturated heterocycles. The highest BCUT2D eigenvalue weighted by molar-refractivity contribution is 5.94. The molecule has 3 aromatic rings. The average molecular weight is 792 g/mol. The summed E-state index contributed by atoms with van der Waals surface area (Å²) in [4.78, 5) is 12.7. The Balaban J connectivity index is 0.994. The molecule has 3 fully saturated rings. The van der Waals surface area contributed by atoms with E-state index in [-0.39, 0.29) is 67.2 Å². The van der Waals surface area contributed by atoms with Crippen LogP contribution in [0.4, 0.5) is 0 Å². The van der Waals surface area contributed by atoms with Gasteiger partial charge in [0, 0.05) is 36.1 Å². The van der Waals surface area contributed by atoms with Crippen LogP contribution in [0.25, 0.3) is 0 Å². The SMILES string of the molecule is CC1CC(CCCC2CC(CC(O)CCCC3CC(CCCCO)OC(CNC(=O)c4ccccc4)O3)OC(c3ccccc3O)O2)OC(c2ccccc2O)O1. The van der Waals surface area contributed by atoms with E-state index >= 15 is 0 Å². The number of unbranched alkanes of at least 4 members (excludes halogenated alkanes) is 1. The van der Waals surface area contributed by atoms with E-state index in [1.807, 2.05) is 43.3 Å². The van der Waals surface area contributed by atoms with Crippen LogP contribution in [-0.2, 0) is 28.4 Å². The van der Waals surface area contributed by atoms with E-state index in [2.05, 4.69) is 5.32 Å². The van der Waals surface area contributed by atoms with Gasteiger partial charge in [0.05, 0.1) is 49.3 Å². The highest BCUT2D eigenvalue weighted by Crippen LogP contribution is 2.39. The van der Waals surface area contributed by atoms with Crippen LogP contribution in [0, 0.1) is 0 Å². The lowest BCUT2D eigenvalue weighted by atomic mass is 9.95. The molecule has 0 bridgehead atoms. The molecule has 0 aliphatic carbocycles. The summed E-state index contributed by atoms with van der Waals surface area (Å²) < 4.78 is 37.6. The van der Waals surface area contributed by atoms with Gasteiger partial charge >= 0.3 is 0 Å². The zero-order chi connectivity index (χ0) is 40.0. The van der Waals surface area contributed by atoms with Crippen LogP contribution < -0.4 is 5.32 Å². The molecule has 3 heterocycles. The second-order valence-corrected chi connectivity index (χ2v) is 15.7. The number of para-hydroxylation sites is 2. The van der Waals surface area contributed by atoms with Crippen molar-refractivity contribution in [1.82, 2.24) is 5.32 Å². The molecular formula is C45H61NO11. The highest BCUT2D eigenvalue weighted by atomic mass is 16.7. The quantitative estimate of drug-likeness (QED) is 0.0772. The third-order valence-corrected chi connectivity index (χ3v) is 11.1. The number of nitrogens with one attached hydrogen (secondary N) is 1. The topological polar surface area (TPSA) is 165 Å². The van der Waals surface area contributed by atoms with Crippen LogP contribution in [0.1, 0.15) is 124 Å². The van der Waals surface area contributed by atoms with Crippen LogP contribution >= 0.6 is 0 Å². The van der Waals surface area contributed by atoms with Gasteiger partial charge in [-0.3, -0.25) is 4.79 Å². The molecule has 312 valence electrons. The van der Waals surface area contributed by atoms with Gasteiger partial charge < -0.3 is 54.2 Å². The molecule has 1 amide bonds. The zero-order valence-electron chi connectivity index (χ0n) is 33.0. The normalized spacial score (nSPS) is 28.4. The molecule has 12 heteroatoms. The van der Waals surface area contributed by atoms with Gasteiger partial charge in [-0.15, -0.1) is 0 Å². The van der Waals surface area contributed by atoms with Crippen molar-refractivity contribution in [3.8, 4) is 11.5 Å². The van der Waals surface area contributed by atoms with Crippen molar-refractivity contribution in [1.29, 1.82) is 0 Å². The molecule has 3 aliphatic heterocycles. The number of aliphatic hydroxyl groups is 2. The van der Waals surface area contributed by atoms with Crippen molar-refractivity contribution in [2.24, 2.45) is 0 Å². The van der Waals surface area contributed by atoms with E-state index in [9.17, 15) is 25.2 Å². The van der Waals surface area contributed by atoms with Crippen molar-refractivity contribution in [2.75, 3.05) is 13.2 Å². The maximum atomic E-state index is 12.7. The van der Waals surface area contributed by atoms with Crippen molar-refractivity contribution in [3.05, 3.63) is 95.6 Å². The fraction of sp³-hybridized carbons (Fsp3) is 0.578. The fourth-order valence-corrected chi connectivity index (χ4v) is 8.14. The number of aliphatic hydroxyl groups excluding tert-OH is 2. The summed E-state index contributed by atoms with van der Waals surface area (Å²) >= 11 is 0. The Bertz CT molecular complexity index is 1640. The molecule has 0 saturated carbocycles. The Morgan fingerprint density at radius 1 is 0.649 bits per heavy atom. The van der Waals surface area contributed by atoms with E-state index in [4.69, 9.17) is 28.4 Å². The molecule has 10 atom stereocenters. The minimum Gasteiger partial charge on any atom is -0.507 e. The van der Waals surface area contributed by atoms with Crippen LogP contribution in [0.15, 0.2) is 78.9 Å². The summed E-state index contributed by atoms with van der Waals surface area (Å²) in [6.07, 6.45) is 6.08. The Kier molecular flexibility index (Phi) is 16.6. The standard InChI is InChI=1S/C45H61NO11/c1-30-25-33(55-44(52-30)38-20-5-7-22-40(38)49)18-12-19-36-28-37(57-45(56-36)39-21-6-8-23-41(39)50)26-32(48)15-11-17-35-27-34(16-9-10-24-47)53-42(54-35)29-46-43(51)31-13-3-2-4-14-31/h2-8,13-14,20-23,30,32-37,42,44-45,47-50H,9-12,15-19,24-29H2,1H3,(H,46,51). The lowest BCUT2D eigenvalue weighted by molar-refractivity contribution is -0.256. The van der Waals surface area contributed by atoms with Crippen molar-refractivity contribution < 1.29 is 53.6 Å². The predicted octanol–water partition coefficient (Wildman–Crippen LogP) is 7.35. The number of ether oxygens (including phenoxy) is 6. The number of rotatable bonds is 19. The van der Waals surface area contributed by atoms with Crippen LogP contribution in [0.5, 0.6) is 11.5 Å². The maximum absolute atomic E-state index is 12.7. The monoisotopic (exact) mass is 791 g/mol.